The summed E-state index contributed by atoms with van der Waals surface area (Å²) < 4.78 is 11.0. The van der Waals surface area contributed by atoms with E-state index >= 15 is 0 Å². The minimum absolute atomic E-state index is 0.0390. The minimum atomic E-state index is -0.518. The van der Waals surface area contributed by atoms with Crippen molar-refractivity contribution >= 4 is 46.9 Å². The zero-order valence-corrected chi connectivity index (χ0v) is 24.9. The lowest BCUT2D eigenvalue weighted by atomic mass is 10.1. The molecule has 4 aromatic rings. The minimum Gasteiger partial charge on any atom is -0.496 e. The largest absolute Gasteiger partial charge is 0.496 e. The topological polar surface area (TPSA) is 106 Å². The van der Waals surface area contributed by atoms with Crippen LogP contribution < -0.4 is 25.4 Å². The summed E-state index contributed by atoms with van der Waals surface area (Å²) in [7, 11) is 1.54. The number of anilines is 2. The van der Waals surface area contributed by atoms with Crippen molar-refractivity contribution in [2.24, 2.45) is 0 Å². The maximum atomic E-state index is 13.5. The van der Waals surface area contributed by atoms with Crippen LogP contribution in [0.2, 0.25) is 0 Å². The standard InChI is InChI=1S/C34H33N3O5S/c1-4-42-31-20-11-9-18-28(31)36-32(38)23(2)43-27-17-12-16-26(22-27)35-34(40)29(21-25-15-8-10-19-30(25)41-3)37-33(39)24-13-6-5-7-14-24/h5-23H,4H2,1-3H3,(H,35,40)(H,36,38)(H,37,39)/b29-21+. The molecular formula is C34H33N3O5S. The van der Waals surface area contributed by atoms with Crippen LogP contribution in [0.4, 0.5) is 11.4 Å². The lowest BCUT2D eigenvalue weighted by Gasteiger charge is -2.16. The van der Waals surface area contributed by atoms with E-state index in [9.17, 15) is 14.4 Å². The maximum absolute atomic E-state index is 13.5. The number of hydrogen-bond acceptors (Lipinski definition) is 6. The first-order chi connectivity index (χ1) is 20.9. The molecule has 0 saturated carbocycles. The van der Waals surface area contributed by atoms with E-state index in [4.69, 9.17) is 9.47 Å². The van der Waals surface area contributed by atoms with Gasteiger partial charge in [-0.15, -0.1) is 11.8 Å². The second kappa shape index (κ2) is 15.3. The molecule has 0 bridgehead atoms. The summed E-state index contributed by atoms with van der Waals surface area (Å²) >= 11 is 1.35. The first-order valence-corrected chi connectivity index (χ1v) is 14.6. The second-order valence-electron chi connectivity index (χ2n) is 9.28. The summed E-state index contributed by atoms with van der Waals surface area (Å²) in [4.78, 5) is 40.2. The van der Waals surface area contributed by atoms with Crippen LogP contribution in [-0.2, 0) is 9.59 Å². The van der Waals surface area contributed by atoms with Crippen molar-refractivity contribution in [1.29, 1.82) is 0 Å². The van der Waals surface area contributed by atoms with Crippen molar-refractivity contribution < 1.29 is 23.9 Å². The summed E-state index contributed by atoms with van der Waals surface area (Å²) in [6, 6.07) is 30.3. The number of ether oxygens (including phenoxy) is 2. The van der Waals surface area contributed by atoms with Crippen molar-refractivity contribution in [3.63, 3.8) is 0 Å². The molecular weight excluding hydrogens is 562 g/mol. The van der Waals surface area contributed by atoms with E-state index in [2.05, 4.69) is 16.0 Å². The molecule has 0 heterocycles. The Morgan fingerprint density at radius 1 is 0.837 bits per heavy atom. The third kappa shape index (κ3) is 8.73. The summed E-state index contributed by atoms with van der Waals surface area (Å²) in [6.07, 6.45) is 1.57. The molecule has 4 rings (SSSR count). The summed E-state index contributed by atoms with van der Waals surface area (Å²) in [6.45, 7) is 4.18. The maximum Gasteiger partial charge on any atom is 0.272 e. The molecule has 1 atom stereocenters. The molecule has 3 N–H and O–H groups in total. The molecule has 9 heteroatoms. The fraction of sp³-hybridized carbons (Fsp3) is 0.147. The fourth-order valence-electron chi connectivity index (χ4n) is 4.07. The predicted molar refractivity (Wildman–Crippen MR) is 172 cm³/mol. The third-order valence-corrected chi connectivity index (χ3v) is 7.28. The summed E-state index contributed by atoms with van der Waals surface area (Å²) in [5.41, 5.74) is 2.19. The Kier molecular flexibility index (Phi) is 11.0. The lowest BCUT2D eigenvalue weighted by molar-refractivity contribution is -0.115. The van der Waals surface area contributed by atoms with E-state index in [1.807, 2.05) is 56.3 Å². The quantitative estimate of drug-likeness (QED) is 0.126. The van der Waals surface area contributed by atoms with Crippen LogP contribution in [0.1, 0.15) is 29.8 Å². The summed E-state index contributed by atoms with van der Waals surface area (Å²) in [5.74, 6) is 0.0350. The third-order valence-electron chi connectivity index (χ3n) is 6.19. The molecule has 8 nitrogen and oxygen atoms in total. The Morgan fingerprint density at radius 2 is 1.53 bits per heavy atom. The van der Waals surface area contributed by atoms with Crippen LogP contribution in [0.25, 0.3) is 6.08 Å². The molecule has 0 aliphatic rings. The van der Waals surface area contributed by atoms with Crippen LogP contribution in [0.3, 0.4) is 0 Å². The van der Waals surface area contributed by atoms with Gasteiger partial charge in [0.15, 0.2) is 0 Å². The van der Waals surface area contributed by atoms with Gasteiger partial charge < -0.3 is 25.4 Å². The number of benzene rings is 4. The van der Waals surface area contributed by atoms with Gasteiger partial charge in [-0.2, -0.15) is 0 Å². The first-order valence-electron chi connectivity index (χ1n) is 13.7. The van der Waals surface area contributed by atoms with Gasteiger partial charge in [-0.05, 0) is 68.5 Å². The van der Waals surface area contributed by atoms with Crippen molar-refractivity contribution in [3.8, 4) is 11.5 Å². The first kappa shape index (κ1) is 30.9. The highest BCUT2D eigenvalue weighted by Crippen LogP contribution is 2.29. The second-order valence-corrected chi connectivity index (χ2v) is 10.7. The van der Waals surface area contributed by atoms with E-state index in [1.54, 1.807) is 66.7 Å². The van der Waals surface area contributed by atoms with Crippen molar-refractivity contribution in [2.75, 3.05) is 24.4 Å². The number of rotatable bonds is 12. The van der Waals surface area contributed by atoms with E-state index in [-0.39, 0.29) is 11.6 Å². The summed E-state index contributed by atoms with van der Waals surface area (Å²) in [5, 5.41) is 8.10. The molecule has 0 spiro atoms. The highest BCUT2D eigenvalue weighted by molar-refractivity contribution is 8.00. The number of hydrogen-bond donors (Lipinski definition) is 3. The molecule has 0 fully saturated rings. The molecule has 3 amide bonds. The Morgan fingerprint density at radius 3 is 2.28 bits per heavy atom. The monoisotopic (exact) mass is 595 g/mol. The van der Waals surface area contributed by atoms with Gasteiger partial charge in [-0.1, -0.05) is 54.6 Å². The predicted octanol–water partition coefficient (Wildman–Crippen LogP) is 6.62. The van der Waals surface area contributed by atoms with Gasteiger partial charge >= 0.3 is 0 Å². The molecule has 4 aromatic carbocycles. The Balaban J connectivity index is 1.50. The number of amides is 3. The van der Waals surface area contributed by atoms with Gasteiger partial charge in [0.1, 0.15) is 17.2 Å². The SMILES string of the molecule is CCOc1ccccc1NC(=O)C(C)Sc1cccc(NC(=O)/C(=C\c2ccccc2OC)NC(=O)c2ccccc2)c1. The number of para-hydroxylation sites is 3. The average Bonchev–Trinajstić information content (AvgIpc) is 3.02. The molecule has 0 radical (unpaired) electrons. The van der Waals surface area contributed by atoms with E-state index < -0.39 is 17.1 Å². The number of thioether (sulfide) groups is 1. The van der Waals surface area contributed by atoms with E-state index in [1.165, 1.54) is 18.9 Å². The van der Waals surface area contributed by atoms with Crippen LogP contribution in [0, 0.1) is 0 Å². The molecule has 43 heavy (non-hydrogen) atoms. The van der Waals surface area contributed by atoms with E-state index in [0.29, 0.717) is 40.6 Å². The highest BCUT2D eigenvalue weighted by Gasteiger charge is 2.19. The van der Waals surface area contributed by atoms with Gasteiger partial charge in [0.25, 0.3) is 11.8 Å². The van der Waals surface area contributed by atoms with Crippen LogP contribution >= 0.6 is 11.8 Å². The Bertz CT molecular complexity index is 1610. The number of nitrogens with one attached hydrogen (secondary N) is 3. The number of carbonyl (C=O) groups excluding carboxylic acids is 3. The fourth-order valence-corrected chi connectivity index (χ4v) is 5.00. The van der Waals surface area contributed by atoms with Gasteiger partial charge in [-0.3, -0.25) is 14.4 Å². The van der Waals surface area contributed by atoms with Crippen LogP contribution in [-0.4, -0.2) is 36.7 Å². The molecule has 1 unspecified atom stereocenters. The molecule has 0 aromatic heterocycles. The number of methoxy groups -OCH3 is 1. The van der Waals surface area contributed by atoms with Crippen molar-refractivity contribution in [3.05, 3.63) is 120 Å². The zero-order chi connectivity index (χ0) is 30.6. The molecule has 0 aliphatic carbocycles. The normalized spacial score (nSPS) is 11.7. The van der Waals surface area contributed by atoms with Crippen molar-refractivity contribution in [1.82, 2.24) is 5.32 Å². The molecule has 0 aliphatic heterocycles. The highest BCUT2D eigenvalue weighted by atomic mass is 32.2. The van der Waals surface area contributed by atoms with Gasteiger partial charge in [0.05, 0.1) is 24.7 Å². The van der Waals surface area contributed by atoms with Crippen molar-refractivity contribution in [2.45, 2.75) is 24.0 Å². The lowest BCUT2D eigenvalue weighted by Crippen LogP contribution is -2.30. The van der Waals surface area contributed by atoms with Crippen LogP contribution in [0.5, 0.6) is 11.5 Å². The Labute approximate surface area is 255 Å². The average molecular weight is 596 g/mol. The van der Waals surface area contributed by atoms with Gasteiger partial charge in [0.2, 0.25) is 5.91 Å². The van der Waals surface area contributed by atoms with E-state index in [0.717, 1.165) is 4.90 Å². The Hall–Kier alpha value is -5.02. The van der Waals surface area contributed by atoms with Gasteiger partial charge in [-0.25, -0.2) is 0 Å². The molecule has 0 saturated heterocycles. The van der Waals surface area contributed by atoms with Gasteiger partial charge in [0, 0.05) is 21.7 Å². The smallest absolute Gasteiger partial charge is 0.272 e. The van der Waals surface area contributed by atoms with Crippen LogP contribution in [0.15, 0.2) is 114 Å². The zero-order valence-electron chi connectivity index (χ0n) is 24.1. The number of carbonyl (C=O) groups is 3. The molecule has 220 valence electrons.